The minimum Gasteiger partial charge on any atom is -0.342 e. The van der Waals surface area contributed by atoms with Gasteiger partial charge in [-0.3, -0.25) is 4.79 Å². The summed E-state index contributed by atoms with van der Waals surface area (Å²) in [5.41, 5.74) is 0.891. The van der Waals surface area contributed by atoms with Crippen molar-refractivity contribution < 1.29 is 9.32 Å². The molecule has 2 aliphatic rings. The van der Waals surface area contributed by atoms with Crippen LogP contribution in [-0.2, 0) is 17.6 Å². The Balaban J connectivity index is 1.35. The fourth-order valence-electron chi connectivity index (χ4n) is 3.48. The summed E-state index contributed by atoms with van der Waals surface area (Å²) < 4.78 is 5.39. The van der Waals surface area contributed by atoms with Crippen LogP contribution in [0.2, 0.25) is 5.02 Å². The molecule has 1 saturated heterocycles. The predicted molar refractivity (Wildman–Crippen MR) is 94.4 cm³/mol. The van der Waals surface area contributed by atoms with Crippen LogP contribution >= 0.6 is 11.6 Å². The van der Waals surface area contributed by atoms with E-state index in [2.05, 4.69) is 10.1 Å². The van der Waals surface area contributed by atoms with Crippen LogP contribution < -0.4 is 0 Å². The van der Waals surface area contributed by atoms with Gasteiger partial charge in [-0.2, -0.15) is 4.98 Å². The number of carbonyl (C=O) groups is 1. The lowest BCUT2D eigenvalue weighted by molar-refractivity contribution is -0.132. The van der Waals surface area contributed by atoms with Crippen LogP contribution in [0, 0.1) is 5.92 Å². The third kappa shape index (κ3) is 4.03. The van der Waals surface area contributed by atoms with Crippen LogP contribution in [0.1, 0.15) is 48.9 Å². The number of piperidine rings is 1. The Hall–Kier alpha value is -1.88. The number of hydrogen-bond acceptors (Lipinski definition) is 4. The fraction of sp³-hybridized carbons (Fsp3) is 0.526. The zero-order chi connectivity index (χ0) is 17.2. The lowest BCUT2D eigenvalue weighted by atomic mass is 9.94. The molecule has 0 radical (unpaired) electrons. The van der Waals surface area contributed by atoms with Crippen LogP contribution in [0.4, 0.5) is 0 Å². The summed E-state index contributed by atoms with van der Waals surface area (Å²) in [5.74, 6) is 2.61. The Kier molecular flexibility index (Phi) is 4.75. The van der Waals surface area contributed by atoms with Crippen molar-refractivity contribution in [3.05, 3.63) is 46.6 Å². The van der Waals surface area contributed by atoms with E-state index in [1.54, 1.807) is 0 Å². The Labute approximate surface area is 152 Å². The number of likely N-dealkylation sites (tertiary alicyclic amines) is 1. The van der Waals surface area contributed by atoms with Crippen molar-refractivity contribution in [3.63, 3.8) is 0 Å². The summed E-state index contributed by atoms with van der Waals surface area (Å²) in [6.07, 6.45) is 5.58. The van der Waals surface area contributed by atoms with Crippen LogP contribution in [0.5, 0.6) is 0 Å². The van der Waals surface area contributed by atoms with Crippen LogP contribution in [-0.4, -0.2) is 34.0 Å². The third-order valence-corrected chi connectivity index (χ3v) is 5.43. The summed E-state index contributed by atoms with van der Waals surface area (Å²) in [6, 6.07) is 7.55. The molecule has 1 saturated carbocycles. The van der Waals surface area contributed by atoms with Gasteiger partial charge in [-0.15, -0.1) is 0 Å². The number of aromatic nitrogens is 2. The molecule has 1 aromatic heterocycles. The first-order valence-corrected chi connectivity index (χ1v) is 9.40. The summed E-state index contributed by atoms with van der Waals surface area (Å²) in [7, 11) is 0. The smallest absolute Gasteiger partial charge is 0.227 e. The van der Waals surface area contributed by atoms with Gasteiger partial charge in [0.1, 0.15) is 0 Å². The fourth-order valence-corrected chi connectivity index (χ4v) is 3.68. The zero-order valence-corrected chi connectivity index (χ0v) is 14.9. The molecule has 1 aliphatic heterocycles. The van der Waals surface area contributed by atoms with E-state index >= 15 is 0 Å². The van der Waals surface area contributed by atoms with Crippen molar-refractivity contribution in [2.24, 2.45) is 5.92 Å². The molecule has 25 heavy (non-hydrogen) atoms. The van der Waals surface area contributed by atoms with Gasteiger partial charge in [-0.05, 0) is 43.2 Å². The zero-order valence-electron chi connectivity index (χ0n) is 14.2. The molecule has 1 aliphatic carbocycles. The molecule has 5 nitrogen and oxygen atoms in total. The van der Waals surface area contributed by atoms with E-state index in [1.165, 1.54) is 12.8 Å². The van der Waals surface area contributed by atoms with Gasteiger partial charge in [0, 0.05) is 30.5 Å². The molecular weight excluding hydrogens is 338 g/mol. The van der Waals surface area contributed by atoms with Gasteiger partial charge in [-0.25, -0.2) is 0 Å². The second-order valence-corrected chi connectivity index (χ2v) is 7.55. The van der Waals surface area contributed by atoms with Crippen molar-refractivity contribution >= 4 is 17.5 Å². The van der Waals surface area contributed by atoms with E-state index in [1.807, 2.05) is 29.2 Å². The van der Waals surface area contributed by atoms with Gasteiger partial charge < -0.3 is 9.42 Å². The number of nitrogens with zero attached hydrogens (tertiary/aromatic N) is 3. The van der Waals surface area contributed by atoms with Crippen molar-refractivity contribution in [3.8, 4) is 0 Å². The second-order valence-electron chi connectivity index (χ2n) is 7.14. The van der Waals surface area contributed by atoms with Crippen LogP contribution in [0.25, 0.3) is 0 Å². The SMILES string of the molecule is O=C(Cc1ccccc1Cl)N1CCC[C@H](Cc2nc(C3CC3)no2)C1. The molecule has 2 aromatic rings. The van der Waals surface area contributed by atoms with E-state index in [0.717, 1.165) is 43.7 Å². The predicted octanol–water partition coefficient (Wildman–Crippen LogP) is 3.62. The van der Waals surface area contributed by atoms with Crippen molar-refractivity contribution in [1.82, 2.24) is 15.0 Å². The highest BCUT2D eigenvalue weighted by atomic mass is 35.5. The highest BCUT2D eigenvalue weighted by Gasteiger charge is 2.30. The first-order chi connectivity index (χ1) is 12.2. The maximum absolute atomic E-state index is 12.6. The van der Waals surface area contributed by atoms with Crippen molar-refractivity contribution in [2.75, 3.05) is 13.1 Å². The van der Waals surface area contributed by atoms with Crippen molar-refractivity contribution in [1.29, 1.82) is 0 Å². The Morgan fingerprint density at radius 2 is 2.12 bits per heavy atom. The molecular formula is C19H22ClN3O2. The number of rotatable bonds is 5. The molecule has 1 amide bonds. The summed E-state index contributed by atoms with van der Waals surface area (Å²) in [5, 5.41) is 4.74. The number of carbonyl (C=O) groups excluding carboxylic acids is 1. The number of benzene rings is 1. The maximum Gasteiger partial charge on any atom is 0.227 e. The molecule has 1 aromatic carbocycles. The summed E-state index contributed by atoms with van der Waals surface area (Å²) >= 11 is 6.18. The van der Waals surface area contributed by atoms with Crippen LogP contribution in [0.3, 0.4) is 0 Å². The van der Waals surface area contributed by atoms with Gasteiger partial charge in [0.25, 0.3) is 0 Å². The summed E-state index contributed by atoms with van der Waals surface area (Å²) in [6.45, 7) is 1.57. The van der Waals surface area contributed by atoms with Gasteiger partial charge in [0.2, 0.25) is 11.8 Å². The Morgan fingerprint density at radius 1 is 1.28 bits per heavy atom. The van der Waals surface area contributed by atoms with E-state index in [4.69, 9.17) is 16.1 Å². The largest absolute Gasteiger partial charge is 0.342 e. The molecule has 132 valence electrons. The topological polar surface area (TPSA) is 59.2 Å². The van der Waals surface area contributed by atoms with Gasteiger partial charge in [0.05, 0.1) is 6.42 Å². The minimum absolute atomic E-state index is 0.141. The maximum atomic E-state index is 12.6. The monoisotopic (exact) mass is 359 g/mol. The van der Waals surface area contributed by atoms with E-state index < -0.39 is 0 Å². The first-order valence-electron chi connectivity index (χ1n) is 9.02. The normalized spacial score (nSPS) is 20.7. The molecule has 2 fully saturated rings. The standard InChI is InChI=1S/C19H22ClN3O2/c20-16-6-2-1-5-15(16)11-18(24)23-9-3-4-13(12-23)10-17-21-19(22-25-17)14-7-8-14/h1-2,5-6,13-14H,3-4,7-12H2/t13-/m1/s1. The average Bonchev–Trinajstić information content (AvgIpc) is 3.37. The van der Waals surface area contributed by atoms with Crippen LogP contribution in [0.15, 0.2) is 28.8 Å². The number of halogens is 1. The Morgan fingerprint density at radius 3 is 2.92 bits per heavy atom. The van der Waals surface area contributed by atoms with Gasteiger partial charge in [0.15, 0.2) is 5.82 Å². The van der Waals surface area contributed by atoms with E-state index in [-0.39, 0.29) is 5.91 Å². The van der Waals surface area contributed by atoms with Gasteiger partial charge in [-0.1, -0.05) is 35.0 Å². The number of hydrogen-bond donors (Lipinski definition) is 0. The minimum atomic E-state index is 0.141. The molecule has 0 spiro atoms. The third-order valence-electron chi connectivity index (χ3n) is 5.06. The Bertz CT molecular complexity index is 757. The van der Waals surface area contributed by atoms with E-state index in [9.17, 15) is 4.79 Å². The average molecular weight is 360 g/mol. The molecule has 0 bridgehead atoms. The summed E-state index contributed by atoms with van der Waals surface area (Å²) in [4.78, 5) is 19.1. The molecule has 2 heterocycles. The number of amides is 1. The lowest BCUT2D eigenvalue weighted by Crippen LogP contribution is -2.41. The molecule has 0 unspecified atom stereocenters. The second kappa shape index (κ2) is 7.16. The molecule has 4 rings (SSSR count). The highest BCUT2D eigenvalue weighted by Crippen LogP contribution is 2.38. The molecule has 1 atom stereocenters. The van der Waals surface area contributed by atoms with Gasteiger partial charge >= 0.3 is 0 Å². The van der Waals surface area contributed by atoms with Crippen molar-refractivity contribution in [2.45, 2.75) is 44.4 Å². The first kappa shape index (κ1) is 16.6. The quantitative estimate of drug-likeness (QED) is 0.818. The molecule has 6 heteroatoms. The molecule has 0 N–H and O–H groups in total. The highest BCUT2D eigenvalue weighted by molar-refractivity contribution is 6.31. The lowest BCUT2D eigenvalue weighted by Gasteiger charge is -2.32. The van der Waals surface area contributed by atoms with E-state index in [0.29, 0.717) is 29.2 Å².